The first-order chi connectivity index (χ1) is 19.4. The van der Waals surface area contributed by atoms with Gasteiger partial charge in [-0.2, -0.15) is 17.5 Å². The van der Waals surface area contributed by atoms with Crippen LogP contribution in [0.1, 0.15) is 34.3 Å². The van der Waals surface area contributed by atoms with E-state index in [4.69, 9.17) is 9.90 Å². The summed E-state index contributed by atoms with van der Waals surface area (Å²) < 4.78 is 59.3. The molecular formula is C28H37F3N4O5S. The molecule has 13 heteroatoms. The van der Waals surface area contributed by atoms with Crippen LogP contribution in [-0.4, -0.2) is 103 Å². The summed E-state index contributed by atoms with van der Waals surface area (Å²) >= 11 is 0. The molecule has 2 aromatic rings. The number of aliphatic carboxylic acids is 1. The zero-order chi connectivity index (χ0) is 30.0. The number of benzene rings is 2. The number of aryl methyl sites for hydroxylation is 1. The minimum absolute atomic E-state index is 0.0330. The first-order valence-corrected chi connectivity index (χ1v) is 15.1. The largest absolute Gasteiger partial charge is 0.490 e. The second-order valence-electron chi connectivity index (χ2n) is 10.1. The summed E-state index contributed by atoms with van der Waals surface area (Å²) in [7, 11) is -3.40. The van der Waals surface area contributed by atoms with Crippen molar-refractivity contribution in [2.24, 2.45) is 0 Å². The predicted molar refractivity (Wildman–Crippen MR) is 149 cm³/mol. The van der Waals surface area contributed by atoms with Gasteiger partial charge in [0, 0.05) is 64.0 Å². The second-order valence-corrected chi connectivity index (χ2v) is 12.2. The van der Waals surface area contributed by atoms with E-state index in [9.17, 15) is 26.4 Å². The molecule has 0 unspecified atom stereocenters. The number of carbonyl (C=O) groups is 2. The van der Waals surface area contributed by atoms with Gasteiger partial charge in [0.05, 0.1) is 5.75 Å². The molecule has 2 fully saturated rings. The van der Waals surface area contributed by atoms with Crippen molar-refractivity contribution in [3.05, 3.63) is 71.3 Å². The van der Waals surface area contributed by atoms with Crippen LogP contribution >= 0.6 is 0 Å². The summed E-state index contributed by atoms with van der Waals surface area (Å²) in [6, 6.07) is 18.0. The minimum Gasteiger partial charge on any atom is -0.475 e. The standard InChI is InChI=1S/C26H36N4O3S.C2HF3O2/c1-22-6-5-9-24(20-22)26(31)30(18-19-34(32,33)29-16-12-27-13-17-29)25-10-14-28(15-11-25)21-23-7-3-2-4-8-23;3-2(4,5)1(6)7/h2-9,20,25,27H,10-19,21H2,1H3;(H,6,7). The van der Waals surface area contributed by atoms with Gasteiger partial charge in [0.1, 0.15) is 0 Å². The number of nitrogens with zero attached hydrogens (tertiary/aromatic N) is 3. The van der Waals surface area contributed by atoms with Crippen LogP contribution in [0.4, 0.5) is 13.2 Å². The van der Waals surface area contributed by atoms with Crippen molar-refractivity contribution in [2.75, 3.05) is 51.6 Å². The molecule has 0 aliphatic carbocycles. The van der Waals surface area contributed by atoms with Gasteiger partial charge < -0.3 is 15.3 Å². The van der Waals surface area contributed by atoms with Gasteiger partial charge in [-0.1, -0.05) is 48.0 Å². The second kappa shape index (κ2) is 14.8. The number of likely N-dealkylation sites (tertiary alicyclic amines) is 1. The van der Waals surface area contributed by atoms with Gasteiger partial charge in [0.25, 0.3) is 5.91 Å². The first-order valence-electron chi connectivity index (χ1n) is 13.5. The molecule has 0 spiro atoms. The Labute approximate surface area is 239 Å². The van der Waals surface area contributed by atoms with Crippen molar-refractivity contribution in [2.45, 2.75) is 38.5 Å². The lowest BCUT2D eigenvalue weighted by Gasteiger charge is -2.39. The van der Waals surface area contributed by atoms with Crippen molar-refractivity contribution in [1.82, 2.24) is 19.4 Å². The summed E-state index contributed by atoms with van der Waals surface area (Å²) in [5, 5.41) is 10.3. The van der Waals surface area contributed by atoms with Gasteiger partial charge in [0.2, 0.25) is 10.0 Å². The molecule has 226 valence electrons. The maximum absolute atomic E-state index is 13.6. The van der Waals surface area contributed by atoms with E-state index in [1.807, 2.05) is 42.2 Å². The first kappa shape index (κ1) is 32.5. The molecule has 1 amide bonds. The average molecular weight is 599 g/mol. The summed E-state index contributed by atoms with van der Waals surface area (Å²) in [4.78, 5) is 26.7. The maximum atomic E-state index is 13.6. The maximum Gasteiger partial charge on any atom is 0.490 e. The van der Waals surface area contributed by atoms with E-state index >= 15 is 0 Å². The van der Waals surface area contributed by atoms with Crippen LogP contribution in [0.5, 0.6) is 0 Å². The monoisotopic (exact) mass is 598 g/mol. The van der Waals surface area contributed by atoms with Crippen molar-refractivity contribution in [3.8, 4) is 0 Å². The van der Waals surface area contributed by atoms with Gasteiger partial charge in [0.15, 0.2) is 0 Å². The van der Waals surface area contributed by atoms with Crippen LogP contribution in [0.15, 0.2) is 54.6 Å². The number of piperazine rings is 1. The van der Waals surface area contributed by atoms with Gasteiger partial charge in [-0.25, -0.2) is 13.2 Å². The number of piperidine rings is 1. The Morgan fingerprint density at radius 1 is 1.00 bits per heavy atom. The fourth-order valence-corrected chi connectivity index (χ4v) is 6.31. The predicted octanol–water partition coefficient (Wildman–Crippen LogP) is 2.97. The number of alkyl halides is 3. The number of hydrogen-bond donors (Lipinski definition) is 2. The highest BCUT2D eigenvalue weighted by Gasteiger charge is 2.38. The van der Waals surface area contributed by atoms with Crippen LogP contribution in [0, 0.1) is 6.92 Å². The molecule has 2 saturated heterocycles. The highest BCUT2D eigenvalue weighted by Crippen LogP contribution is 2.22. The number of amides is 1. The molecule has 9 nitrogen and oxygen atoms in total. The van der Waals surface area contributed by atoms with Crippen LogP contribution in [0.25, 0.3) is 0 Å². The summed E-state index contributed by atoms with van der Waals surface area (Å²) in [6.45, 7) is 7.20. The fraction of sp³-hybridized carbons (Fsp3) is 0.500. The van der Waals surface area contributed by atoms with Crippen molar-refractivity contribution in [1.29, 1.82) is 0 Å². The molecule has 2 heterocycles. The molecule has 0 radical (unpaired) electrons. The number of rotatable bonds is 8. The summed E-state index contributed by atoms with van der Waals surface area (Å²) in [6.07, 6.45) is -3.39. The lowest BCUT2D eigenvalue weighted by atomic mass is 10.0. The molecule has 0 bridgehead atoms. The Hall–Kier alpha value is -3.00. The number of sulfonamides is 1. The average Bonchev–Trinajstić information content (AvgIpc) is 2.95. The third kappa shape index (κ3) is 10.1. The number of hydrogen-bond acceptors (Lipinski definition) is 6. The highest BCUT2D eigenvalue weighted by molar-refractivity contribution is 7.89. The zero-order valence-electron chi connectivity index (χ0n) is 23.0. The smallest absolute Gasteiger partial charge is 0.475 e. The molecular weight excluding hydrogens is 561 g/mol. The lowest BCUT2D eigenvalue weighted by Crippen LogP contribution is -2.51. The molecule has 2 aliphatic heterocycles. The van der Waals surface area contributed by atoms with E-state index in [1.165, 1.54) is 5.56 Å². The van der Waals surface area contributed by atoms with E-state index in [0.717, 1.165) is 38.0 Å². The SMILES string of the molecule is Cc1cccc(C(=O)N(CCS(=O)(=O)N2CCNCC2)C2CCN(Cc3ccccc3)CC2)c1.O=C(O)C(F)(F)F. The van der Waals surface area contributed by atoms with Crippen LogP contribution in [0.2, 0.25) is 0 Å². The minimum atomic E-state index is -5.08. The van der Waals surface area contributed by atoms with E-state index in [1.54, 1.807) is 4.31 Å². The number of nitrogens with one attached hydrogen (secondary N) is 1. The third-order valence-electron chi connectivity index (χ3n) is 7.07. The zero-order valence-corrected chi connectivity index (χ0v) is 23.8. The molecule has 41 heavy (non-hydrogen) atoms. The summed E-state index contributed by atoms with van der Waals surface area (Å²) in [5.41, 5.74) is 2.94. The van der Waals surface area contributed by atoms with Crippen LogP contribution < -0.4 is 5.32 Å². The van der Waals surface area contributed by atoms with Gasteiger partial charge in [-0.3, -0.25) is 9.69 Å². The summed E-state index contributed by atoms with van der Waals surface area (Å²) in [5.74, 6) is -2.86. The molecule has 0 atom stereocenters. The molecule has 2 aromatic carbocycles. The van der Waals surface area contributed by atoms with E-state index in [0.29, 0.717) is 31.7 Å². The van der Waals surface area contributed by atoms with Gasteiger partial charge >= 0.3 is 12.1 Å². The fourth-order valence-electron chi connectivity index (χ4n) is 4.89. The number of halogens is 3. The number of carboxylic acids is 1. The van der Waals surface area contributed by atoms with Crippen molar-refractivity contribution in [3.63, 3.8) is 0 Å². The van der Waals surface area contributed by atoms with Gasteiger partial charge in [-0.15, -0.1) is 0 Å². The third-order valence-corrected chi connectivity index (χ3v) is 8.93. The van der Waals surface area contributed by atoms with Crippen LogP contribution in [-0.2, 0) is 21.4 Å². The Morgan fingerprint density at radius 3 is 2.17 bits per heavy atom. The van der Waals surface area contributed by atoms with Crippen LogP contribution in [0.3, 0.4) is 0 Å². The topological polar surface area (TPSA) is 110 Å². The van der Waals surface area contributed by atoms with E-state index < -0.39 is 22.2 Å². The Kier molecular flexibility index (Phi) is 11.7. The molecule has 0 saturated carbocycles. The van der Waals surface area contributed by atoms with E-state index in [2.05, 4.69) is 34.5 Å². The van der Waals surface area contributed by atoms with Crippen molar-refractivity contribution >= 4 is 21.9 Å². The Morgan fingerprint density at radius 2 is 1.61 bits per heavy atom. The molecule has 2 aliphatic rings. The van der Waals surface area contributed by atoms with Gasteiger partial charge in [-0.05, 0) is 37.5 Å². The molecule has 2 N–H and O–H groups in total. The Balaban J connectivity index is 0.000000587. The molecule has 0 aromatic heterocycles. The van der Waals surface area contributed by atoms with Crippen molar-refractivity contribution < 1.29 is 36.3 Å². The van der Waals surface area contributed by atoms with E-state index in [-0.39, 0.29) is 24.2 Å². The number of carboxylic acid groups (broad SMARTS) is 1. The normalized spacial score (nSPS) is 17.4. The lowest BCUT2D eigenvalue weighted by molar-refractivity contribution is -0.192. The number of carbonyl (C=O) groups excluding carboxylic acids is 1. The molecule has 4 rings (SSSR count). The quantitative estimate of drug-likeness (QED) is 0.481. The Bertz CT molecular complexity index is 1250. The highest BCUT2D eigenvalue weighted by atomic mass is 32.2.